The van der Waals surface area contributed by atoms with E-state index in [2.05, 4.69) is 32.1 Å². The van der Waals surface area contributed by atoms with E-state index in [1.165, 1.54) is 0 Å². The average Bonchev–Trinajstić information content (AvgIpc) is 3.14. The first-order chi connectivity index (χ1) is 12.0. The Kier molecular flexibility index (Phi) is 6.06. The molecule has 140 valence electrons. The lowest BCUT2D eigenvalue weighted by atomic mass is 10.1. The molecular formula is C18H32N6O. The molecule has 0 aliphatic carbocycles. The molecule has 2 saturated heterocycles. The maximum atomic E-state index is 12.5. The van der Waals surface area contributed by atoms with Gasteiger partial charge in [0.05, 0.1) is 13.1 Å². The van der Waals surface area contributed by atoms with Crippen LogP contribution in [-0.2, 0) is 11.3 Å². The van der Waals surface area contributed by atoms with Gasteiger partial charge < -0.3 is 10.2 Å². The first kappa shape index (κ1) is 18.3. The second-order valence-electron chi connectivity index (χ2n) is 7.43. The summed E-state index contributed by atoms with van der Waals surface area (Å²) in [5.74, 6) is 1.95. The van der Waals surface area contributed by atoms with Crippen LogP contribution in [0.3, 0.4) is 0 Å². The Morgan fingerprint density at radius 2 is 1.96 bits per heavy atom. The Balaban J connectivity index is 1.48. The number of amides is 1. The number of likely N-dealkylation sites (tertiary alicyclic amines) is 2. The van der Waals surface area contributed by atoms with Crippen molar-refractivity contribution in [1.29, 1.82) is 0 Å². The van der Waals surface area contributed by atoms with E-state index in [4.69, 9.17) is 0 Å². The van der Waals surface area contributed by atoms with Crippen molar-refractivity contribution in [3.05, 3.63) is 11.6 Å². The summed E-state index contributed by atoms with van der Waals surface area (Å²) < 4.78 is 1.98. The number of hydrogen-bond acceptors (Lipinski definition) is 5. The first-order valence-corrected chi connectivity index (χ1v) is 9.69. The molecule has 1 atom stereocenters. The third-order valence-electron chi connectivity index (χ3n) is 5.59. The third kappa shape index (κ3) is 4.79. The van der Waals surface area contributed by atoms with Crippen LogP contribution in [0.1, 0.15) is 44.3 Å². The molecule has 7 heteroatoms. The van der Waals surface area contributed by atoms with Crippen molar-refractivity contribution in [3.8, 4) is 0 Å². The number of hydrogen-bond donors (Lipinski definition) is 1. The number of carbonyl (C=O) groups is 1. The van der Waals surface area contributed by atoms with E-state index in [0.29, 0.717) is 18.6 Å². The minimum atomic E-state index is 0.174. The normalized spacial score (nSPS) is 23.2. The molecule has 0 spiro atoms. The van der Waals surface area contributed by atoms with Gasteiger partial charge >= 0.3 is 0 Å². The molecular weight excluding hydrogens is 316 g/mol. The van der Waals surface area contributed by atoms with Gasteiger partial charge in [-0.3, -0.25) is 9.69 Å². The van der Waals surface area contributed by atoms with Crippen molar-refractivity contribution in [2.75, 3.05) is 32.7 Å². The number of nitrogens with zero attached hydrogens (tertiary/aromatic N) is 5. The summed E-state index contributed by atoms with van der Waals surface area (Å²) in [5.41, 5.74) is 0. The second kappa shape index (κ2) is 8.27. The zero-order valence-electron chi connectivity index (χ0n) is 15.9. The summed E-state index contributed by atoms with van der Waals surface area (Å²) in [7, 11) is 0. The molecule has 0 bridgehead atoms. The lowest BCUT2D eigenvalue weighted by Crippen LogP contribution is -2.48. The van der Waals surface area contributed by atoms with E-state index in [0.717, 1.165) is 70.1 Å². The maximum Gasteiger partial charge on any atom is 0.234 e. The molecule has 1 aromatic heterocycles. The van der Waals surface area contributed by atoms with Crippen LogP contribution in [0.2, 0.25) is 0 Å². The minimum Gasteiger partial charge on any atom is -0.352 e. The highest BCUT2D eigenvalue weighted by Crippen LogP contribution is 2.19. The van der Waals surface area contributed by atoms with Crippen molar-refractivity contribution in [1.82, 2.24) is 29.9 Å². The number of piperidine rings is 1. The van der Waals surface area contributed by atoms with Crippen LogP contribution in [0.4, 0.5) is 0 Å². The molecule has 0 unspecified atom stereocenters. The monoisotopic (exact) mass is 348 g/mol. The van der Waals surface area contributed by atoms with Crippen molar-refractivity contribution in [2.45, 2.75) is 65.1 Å². The van der Waals surface area contributed by atoms with E-state index in [1.807, 2.05) is 18.5 Å². The van der Waals surface area contributed by atoms with E-state index >= 15 is 0 Å². The van der Waals surface area contributed by atoms with Crippen molar-refractivity contribution in [3.63, 3.8) is 0 Å². The zero-order valence-corrected chi connectivity index (χ0v) is 15.9. The lowest BCUT2D eigenvalue weighted by Gasteiger charge is -2.32. The quantitative estimate of drug-likeness (QED) is 0.829. The summed E-state index contributed by atoms with van der Waals surface area (Å²) in [5, 5.41) is 7.72. The van der Waals surface area contributed by atoms with E-state index in [1.54, 1.807) is 0 Å². The molecule has 3 heterocycles. The SMILES string of the molecule is CCN1CCC(NC(=O)CN2CCC[C@H]2Cn2nc(C)nc2C)CC1. The van der Waals surface area contributed by atoms with Crippen LogP contribution >= 0.6 is 0 Å². The predicted octanol–water partition coefficient (Wildman–Crippen LogP) is 0.960. The fraction of sp³-hybridized carbons (Fsp3) is 0.833. The van der Waals surface area contributed by atoms with Gasteiger partial charge in [0.2, 0.25) is 5.91 Å². The molecule has 0 saturated carbocycles. The van der Waals surface area contributed by atoms with Crippen LogP contribution < -0.4 is 5.32 Å². The van der Waals surface area contributed by atoms with Gasteiger partial charge in [0.1, 0.15) is 11.6 Å². The first-order valence-electron chi connectivity index (χ1n) is 9.69. The molecule has 2 aliphatic heterocycles. The molecule has 1 amide bonds. The van der Waals surface area contributed by atoms with Crippen LogP contribution in [0.5, 0.6) is 0 Å². The Morgan fingerprint density at radius 3 is 2.60 bits per heavy atom. The molecule has 25 heavy (non-hydrogen) atoms. The van der Waals surface area contributed by atoms with Gasteiger partial charge in [0.25, 0.3) is 0 Å². The van der Waals surface area contributed by atoms with Crippen molar-refractivity contribution < 1.29 is 4.79 Å². The number of rotatable bonds is 6. The fourth-order valence-corrected chi connectivity index (χ4v) is 4.10. The largest absolute Gasteiger partial charge is 0.352 e. The molecule has 2 fully saturated rings. The molecule has 0 aromatic carbocycles. The third-order valence-corrected chi connectivity index (χ3v) is 5.59. The number of aryl methyl sites for hydroxylation is 2. The molecule has 1 aromatic rings. The standard InChI is InChI=1S/C18H32N6O/c1-4-22-10-7-16(8-11-22)20-18(25)13-23-9-5-6-17(23)12-24-15(3)19-14(2)21-24/h16-17H,4-13H2,1-3H3,(H,20,25)/t17-/m0/s1. The van der Waals surface area contributed by atoms with E-state index in [9.17, 15) is 4.79 Å². The topological polar surface area (TPSA) is 66.3 Å². The summed E-state index contributed by atoms with van der Waals surface area (Å²) in [6.07, 6.45) is 4.42. The number of nitrogens with one attached hydrogen (secondary N) is 1. The summed E-state index contributed by atoms with van der Waals surface area (Å²) in [6.45, 7) is 11.8. The Bertz CT molecular complexity index is 578. The van der Waals surface area contributed by atoms with E-state index in [-0.39, 0.29) is 5.91 Å². The van der Waals surface area contributed by atoms with Gasteiger partial charge in [0, 0.05) is 25.2 Å². The molecule has 7 nitrogen and oxygen atoms in total. The van der Waals surface area contributed by atoms with Gasteiger partial charge in [0.15, 0.2) is 0 Å². The summed E-state index contributed by atoms with van der Waals surface area (Å²) >= 11 is 0. The average molecular weight is 348 g/mol. The van der Waals surface area contributed by atoms with Crippen LogP contribution in [0, 0.1) is 13.8 Å². The highest BCUT2D eigenvalue weighted by atomic mass is 16.2. The Morgan fingerprint density at radius 1 is 1.20 bits per heavy atom. The van der Waals surface area contributed by atoms with Crippen LogP contribution in [-0.4, -0.2) is 75.3 Å². The second-order valence-corrected chi connectivity index (χ2v) is 7.43. The summed E-state index contributed by atoms with van der Waals surface area (Å²) in [6, 6.07) is 0.726. The lowest BCUT2D eigenvalue weighted by molar-refractivity contribution is -0.123. The fourth-order valence-electron chi connectivity index (χ4n) is 4.10. The molecule has 0 radical (unpaired) electrons. The van der Waals surface area contributed by atoms with Crippen molar-refractivity contribution >= 4 is 5.91 Å². The number of carbonyl (C=O) groups excluding carboxylic acids is 1. The minimum absolute atomic E-state index is 0.174. The summed E-state index contributed by atoms with van der Waals surface area (Å²) in [4.78, 5) is 21.6. The van der Waals surface area contributed by atoms with Gasteiger partial charge in [-0.1, -0.05) is 6.92 Å². The Labute approximate surface area is 150 Å². The highest BCUT2D eigenvalue weighted by molar-refractivity contribution is 5.78. The highest BCUT2D eigenvalue weighted by Gasteiger charge is 2.28. The zero-order chi connectivity index (χ0) is 17.8. The molecule has 1 N–H and O–H groups in total. The van der Waals surface area contributed by atoms with Crippen LogP contribution in [0.25, 0.3) is 0 Å². The smallest absolute Gasteiger partial charge is 0.234 e. The maximum absolute atomic E-state index is 12.5. The predicted molar refractivity (Wildman–Crippen MR) is 97.4 cm³/mol. The van der Waals surface area contributed by atoms with Gasteiger partial charge in [-0.25, -0.2) is 9.67 Å². The van der Waals surface area contributed by atoms with Gasteiger partial charge in [-0.15, -0.1) is 0 Å². The van der Waals surface area contributed by atoms with Gasteiger partial charge in [-0.2, -0.15) is 5.10 Å². The molecule has 2 aliphatic rings. The van der Waals surface area contributed by atoms with E-state index < -0.39 is 0 Å². The van der Waals surface area contributed by atoms with Crippen LogP contribution in [0.15, 0.2) is 0 Å². The van der Waals surface area contributed by atoms with Gasteiger partial charge in [-0.05, 0) is 52.6 Å². The van der Waals surface area contributed by atoms with Crippen molar-refractivity contribution in [2.24, 2.45) is 0 Å². The number of aromatic nitrogens is 3. The molecule has 3 rings (SSSR count). The Hall–Kier alpha value is -1.47.